The molecular weight excluding hydrogens is 386 g/mol. The Morgan fingerprint density at radius 1 is 1.14 bits per heavy atom. The Kier molecular flexibility index (Phi) is 6.71. The highest BCUT2D eigenvalue weighted by Gasteiger charge is 2.24. The fraction of sp³-hybridized carbons (Fsp3) is 0.318. The fourth-order valence-corrected chi connectivity index (χ4v) is 4.84. The van der Waals surface area contributed by atoms with E-state index in [1.54, 1.807) is 60.7 Å². The summed E-state index contributed by atoms with van der Waals surface area (Å²) in [5, 5.41) is 3.07. The Bertz CT molecular complexity index is 935. The van der Waals surface area contributed by atoms with Gasteiger partial charge in [-0.25, -0.2) is 8.42 Å². The van der Waals surface area contributed by atoms with E-state index in [1.807, 2.05) is 0 Å². The van der Waals surface area contributed by atoms with Crippen LogP contribution in [0.5, 0.6) is 0 Å². The number of carbonyl (C=O) groups is 1. The van der Waals surface area contributed by atoms with Crippen molar-refractivity contribution < 1.29 is 13.2 Å². The molecule has 7 heteroatoms. The van der Waals surface area contributed by atoms with Crippen LogP contribution in [0.4, 0.5) is 5.69 Å². The molecule has 0 bridgehead atoms. The topological polar surface area (TPSA) is 69.7 Å². The minimum atomic E-state index is -3.72. The second kappa shape index (κ2) is 9.24. The van der Waals surface area contributed by atoms with Gasteiger partial charge in [0.15, 0.2) is 0 Å². The molecule has 6 nitrogen and oxygen atoms in total. The summed E-state index contributed by atoms with van der Waals surface area (Å²) in [5.74, 6) is -0.132. The summed E-state index contributed by atoms with van der Waals surface area (Å²) in [6.45, 7) is 5.75. The Morgan fingerprint density at radius 2 is 1.76 bits per heavy atom. The van der Waals surface area contributed by atoms with Gasteiger partial charge in [0.2, 0.25) is 0 Å². The van der Waals surface area contributed by atoms with Gasteiger partial charge in [-0.1, -0.05) is 24.3 Å². The molecule has 0 atom stereocenters. The Hall–Kier alpha value is -2.64. The van der Waals surface area contributed by atoms with Crippen molar-refractivity contribution in [1.82, 2.24) is 10.2 Å². The molecule has 1 aliphatic heterocycles. The summed E-state index contributed by atoms with van der Waals surface area (Å²) in [4.78, 5) is 15.0. The lowest BCUT2D eigenvalue weighted by molar-refractivity contribution is 0.0917. The highest BCUT2D eigenvalue weighted by Crippen LogP contribution is 2.24. The van der Waals surface area contributed by atoms with Crippen LogP contribution >= 0.6 is 0 Å². The maximum Gasteiger partial charge on any atom is 0.264 e. The summed E-state index contributed by atoms with van der Waals surface area (Å²) < 4.78 is 27.3. The zero-order valence-corrected chi connectivity index (χ0v) is 17.4. The molecule has 1 aliphatic rings. The standard InChI is InChI=1S/C22H27N3O3S/c1-3-15-25(29(27,28)21-7-5-4-6-8-21)20-11-9-18(10-12-20)22(26)23-19-13-16-24(2)17-14-19/h3-12,19H,1,13-17H2,2H3,(H,23,26). The molecule has 29 heavy (non-hydrogen) atoms. The summed E-state index contributed by atoms with van der Waals surface area (Å²) in [6.07, 6.45) is 3.41. The van der Waals surface area contributed by atoms with Crippen molar-refractivity contribution in [3.63, 3.8) is 0 Å². The molecule has 2 aromatic rings. The van der Waals surface area contributed by atoms with Crippen molar-refractivity contribution in [1.29, 1.82) is 0 Å². The minimum absolute atomic E-state index is 0.132. The third kappa shape index (κ3) is 5.05. The molecule has 3 rings (SSSR count). The number of nitrogens with zero attached hydrogens (tertiary/aromatic N) is 2. The smallest absolute Gasteiger partial charge is 0.264 e. The van der Waals surface area contributed by atoms with E-state index in [2.05, 4.69) is 23.8 Å². The van der Waals surface area contributed by atoms with E-state index >= 15 is 0 Å². The number of rotatable bonds is 7. The molecule has 0 radical (unpaired) electrons. The predicted molar refractivity (Wildman–Crippen MR) is 116 cm³/mol. The lowest BCUT2D eigenvalue weighted by Crippen LogP contribution is -2.43. The molecule has 1 saturated heterocycles. The van der Waals surface area contributed by atoms with E-state index in [4.69, 9.17) is 0 Å². The van der Waals surface area contributed by atoms with E-state index in [-0.39, 0.29) is 23.4 Å². The van der Waals surface area contributed by atoms with Gasteiger partial charge in [-0.2, -0.15) is 0 Å². The van der Waals surface area contributed by atoms with Gasteiger partial charge in [0.1, 0.15) is 0 Å². The number of amides is 1. The van der Waals surface area contributed by atoms with Gasteiger partial charge < -0.3 is 10.2 Å². The average Bonchev–Trinajstić information content (AvgIpc) is 2.74. The number of hydrogen-bond acceptors (Lipinski definition) is 4. The van der Waals surface area contributed by atoms with E-state index in [9.17, 15) is 13.2 Å². The van der Waals surface area contributed by atoms with Crippen LogP contribution in [-0.4, -0.2) is 51.9 Å². The maximum atomic E-state index is 13.0. The third-order valence-electron chi connectivity index (χ3n) is 5.10. The van der Waals surface area contributed by atoms with Crippen molar-refractivity contribution in [3.05, 3.63) is 72.8 Å². The molecule has 0 saturated carbocycles. The summed E-state index contributed by atoms with van der Waals surface area (Å²) in [7, 11) is -1.64. The number of sulfonamides is 1. The first kappa shape index (κ1) is 21.1. The maximum absolute atomic E-state index is 13.0. The molecule has 0 aliphatic carbocycles. The van der Waals surface area contributed by atoms with Crippen LogP contribution in [0, 0.1) is 0 Å². The van der Waals surface area contributed by atoms with Crippen LogP contribution in [0.15, 0.2) is 72.1 Å². The van der Waals surface area contributed by atoms with Crippen molar-refractivity contribution in [2.24, 2.45) is 0 Å². The first-order chi connectivity index (χ1) is 13.9. The van der Waals surface area contributed by atoms with Gasteiger partial charge >= 0.3 is 0 Å². The van der Waals surface area contributed by atoms with E-state index in [1.165, 1.54) is 4.31 Å². The number of likely N-dealkylation sites (tertiary alicyclic amines) is 1. The van der Waals surface area contributed by atoms with Crippen molar-refractivity contribution in [3.8, 4) is 0 Å². The van der Waals surface area contributed by atoms with Crippen molar-refractivity contribution in [2.45, 2.75) is 23.8 Å². The Balaban J connectivity index is 1.76. The SMILES string of the molecule is C=CCN(c1ccc(C(=O)NC2CCN(C)CC2)cc1)S(=O)(=O)c1ccccc1. The Morgan fingerprint density at radius 3 is 2.34 bits per heavy atom. The van der Waals surface area contributed by atoms with E-state index in [0.717, 1.165) is 25.9 Å². The largest absolute Gasteiger partial charge is 0.349 e. The molecule has 0 spiro atoms. The van der Waals surface area contributed by atoms with Gasteiger partial charge in [-0.15, -0.1) is 6.58 Å². The number of anilines is 1. The highest BCUT2D eigenvalue weighted by atomic mass is 32.2. The summed E-state index contributed by atoms with van der Waals surface area (Å²) in [6, 6.07) is 15.1. The van der Waals surface area contributed by atoms with Crippen LogP contribution in [0.2, 0.25) is 0 Å². The molecule has 1 amide bonds. The molecular formula is C22H27N3O3S. The van der Waals surface area contributed by atoms with Gasteiger partial charge in [0, 0.05) is 11.6 Å². The summed E-state index contributed by atoms with van der Waals surface area (Å²) >= 11 is 0. The zero-order chi connectivity index (χ0) is 20.9. The number of benzene rings is 2. The van der Waals surface area contributed by atoms with Gasteiger partial charge in [0.05, 0.1) is 17.1 Å². The molecule has 0 aromatic heterocycles. The monoisotopic (exact) mass is 413 g/mol. The van der Waals surface area contributed by atoms with Crippen molar-refractivity contribution in [2.75, 3.05) is 31.0 Å². The second-order valence-electron chi connectivity index (χ2n) is 7.24. The van der Waals surface area contributed by atoms with Gasteiger partial charge in [0.25, 0.3) is 15.9 Å². The third-order valence-corrected chi connectivity index (χ3v) is 6.91. The van der Waals surface area contributed by atoms with Crippen LogP contribution in [0.1, 0.15) is 23.2 Å². The number of nitrogens with one attached hydrogen (secondary N) is 1. The predicted octanol–water partition coefficient (Wildman–Crippen LogP) is 2.89. The highest BCUT2D eigenvalue weighted by molar-refractivity contribution is 7.92. The number of hydrogen-bond donors (Lipinski definition) is 1. The molecule has 1 N–H and O–H groups in total. The normalized spacial score (nSPS) is 15.6. The van der Waals surface area contributed by atoms with Crippen LogP contribution < -0.4 is 9.62 Å². The molecule has 2 aromatic carbocycles. The number of carbonyl (C=O) groups excluding carboxylic acids is 1. The molecule has 1 heterocycles. The van der Waals surface area contributed by atoms with E-state index < -0.39 is 10.0 Å². The molecule has 154 valence electrons. The van der Waals surface area contributed by atoms with E-state index in [0.29, 0.717) is 11.3 Å². The average molecular weight is 414 g/mol. The van der Waals surface area contributed by atoms with Gasteiger partial charge in [-0.3, -0.25) is 9.10 Å². The summed E-state index contributed by atoms with van der Waals surface area (Å²) in [5.41, 5.74) is 1.01. The second-order valence-corrected chi connectivity index (χ2v) is 9.10. The van der Waals surface area contributed by atoms with Crippen LogP contribution in [0.25, 0.3) is 0 Å². The fourth-order valence-electron chi connectivity index (χ4n) is 3.38. The zero-order valence-electron chi connectivity index (χ0n) is 16.6. The van der Waals surface area contributed by atoms with Crippen molar-refractivity contribution >= 4 is 21.6 Å². The minimum Gasteiger partial charge on any atom is -0.349 e. The first-order valence-electron chi connectivity index (χ1n) is 9.70. The van der Waals surface area contributed by atoms with Crippen LogP contribution in [-0.2, 0) is 10.0 Å². The first-order valence-corrected chi connectivity index (χ1v) is 11.1. The molecule has 1 fully saturated rings. The lowest BCUT2D eigenvalue weighted by atomic mass is 10.0. The number of piperidine rings is 1. The lowest BCUT2D eigenvalue weighted by Gasteiger charge is -2.29. The quantitative estimate of drug-likeness (QED) is 0.709. The van der Waals surface area contributed by atoms with Gasteiger partial charge in [-0.05, 0) is 69.4 Å². The van der Waals surface area contributed by atoms with Crippen LogP contribution in [0.3, 0.4) is 0 Å². The Labute approximate surface area is 172 Å². The molecule has 0 unspecified atom stereocenters.